The standard InChI is InChI=1S/C16H30N2O4/c1-3-4-5-6-7-8-9-10-11-14(19)18-13(2)16(22)17-12-15(20)21/h13H,3-12H2,1-2H3,(H,17,22)(H,18,19)(H,20,21)/t13-/m0/s1. The van der Waals surface area contributed by atoms with Gasteiger partial charge in [-0.3, -0.25) is 14.4 Å². The van der Waals surface area contributed by atoms with Crippen LogP contribution < -0.4 is 10.6 Å². The van der Waals surface area contributed by atoms with Crippen molar-refractivity contribution in [2.45, 2.75) is 77.7 Å². The molecule has 0 heterocycles. The van der Waals surface area contributed by atoms with Crippen molar-refractivity contribution < 1.29 is 19.5 Å². The first kappa shape index (κ1) is 20.4. The second-order valence-corrected chi connectivity index (χ2v) is 5.63. The van der Waals surface area contributed by atoms with Gasteiger partial charge in [0.25, 0.3) is 0 Å². The number of carboxylic acids is 1. The number of aliphatic carboxylic acids is 1. The lowest BCUT2D eigenvalue weighted by atomic mass is 10.1. The predicted molar refractivity (Wildman–Crippen MR) is 85.5 cm³/mol. The maximum absolute atomic E-state index is 11.7. The minimum absolute atomic E-state index is 0.163. The van der Waals surface area contributed by atoms with Gasteiger partial charge in [0.05, 0.1) is 0 Å². The molecule has 1 atom stereocenters. The summed E-state index contributed by atoms with van der Waals surface area (Å²) in [7, 11) is 0. The fourth-order valence-corrected chi connectivity index (χ4v) is 2.11. The number of carboxylic acid groups (broad SMARTS) is 1. The maximum atomic E-state index is 11.7. The number of carbonyl (C=O) groups excluding carboxylic acids is 2. The summed E-state index contributed by atoms with van der Waals surface area (Å²) in [5.41, 5.74) is 0. The fourth-order valence-electron chi connectivity index (χ4n) is 2.11. The lowest BCUT2D eigenvalue weighted by Crippen LogP contribution is -2.46. The molecule has 0 saturated heterocycles. The highest BCUT2D eigenvalue weighted by Crippen LogP contribution is 2.09. The molecule has 0 rings (SSSR count). The number of unbranched alkanes of at least 4 members (excludes halogenated alkanes) is 7. The molecule has 0 spiro atoms. The molecule has 0 aliphatic rings. The SMILES string of the molecule is CCCCCCCCCCC(=O)N[C@@H](C)C(=O)NCC(=O)O. The van der Waals surface area contributed by atoms with Crippen molar-refractivity contribution in [1.29, 1.82) is 0 Å². The van der Waals surface area contributed by atoms with E-state index in [1.807, 2.05) is 0 Å². The molecule has 0 saturated carbocycles. The Hall–Kier alpha value is -1.59. The van der Waals surface area contributed by atoms with E-state index in [4.69, 9.17) is 5.11 Å². The summed E-state index contributed by atoms with van der Waals surface area (Å²) in [6, 6.07) is -0.708. The van der Waals surface area contributed by atoms with Crippen LogP contribution in [0.2, 0.25) is 0 Å². The molecule has 0 unspecified atom stereocenters. The van der Waals surface area contributed by atoms with Gasteiger partial charge in [0.2, 0.25) is 11.8 Å². The van der Waals surface area contributed by atoms with E-state index in [2.05, 4.69) is 17.6 Å². The van der Waals surface area contributed by atoms with Gasteiger partial charge in [-0.05, 0) is 13.3 Å². The van der Waals surface area contributed by atoms with Crippen molar-refractivity contribution in [2.75, 3.05) is 6.54 Å². The minimum atomic E-state index is -1.11. The summed E-state index contributed by atoms with van der Waals surface area (Å²) in [5.74, 6) is -1.75. The lowest BCUT2D eigenvalue weighted by molar-refractivity contribution is -0.138. The molecule has 2 amide bonds. The first-order valence-electron chi connectivity index (χ1n) is 8.26. The quantitative estimate of drug-likeness (QED) is 0.454. The Kier molecular flexibility index (Phi) is 12.2. The number of hydrogen-bond acceptors (Lipinski definition) is 3. The molecule has 6 heteroatoms. The van der Waals surface area contributed by atoms with Gasteiger partial charge in [-0.1, -0.05) is 51.9 Å². The Balaban J connectivity index is 3.59. The summed E-state index contributed by atoms with van der Waals surface area (Å²) < 4.78 is 0. The van der Waals surface area contributed by atoms with E-state index in [9.17, 15) is 14.4 Å². The first-order valence-corrected chi connectivity index (χ1v) is 8.26. The molecule has 0 aromatic carbocycles. The van der Waals surface area contributed by atoms with E-state index in [0.29, 0.717) is 6.42 Å². The van der Waals surface area contributed by atoms with Gasteiger partial charge >= 0.3 is 5.97 Å². The van der Waals surface area contributed by atoms with Gasteiger partial charge in [0.1, 0.15) is 12.6 Å². The molecular formula is C16H30N2O4. The van der Waals surface area contributed by atoms with Gasteiger partial charge in [-0.25, -0.2) is 0 Å². The number of hydrogen-bond donors (Lipinski definition) is 3. The zero-order valence-electron chi connectivity index (χ0n) is 13.8. The van der Waals surface area contributed by atoms with E-state index in [-0.39, 0.29) is 5.91 Å². The van der Waals surface area contributed by atoms with Crippen LogP contribution in [0.25, 0.3) is 0 Å². The second kappa shape index (κ2) is 13.1. The Morgan fingerprint density at radius 1 is 0.955 bits per heavy atom. The van der Waals surface area contributed by atoms with Crippen LogP contribution in [-0.2, 0) is 14.4 Å². The highest BCUT2D eigenvalue weighted by atomic mass is 16.4. The molecule has 6 nitrogen and oxygen atoms in total. The number of nitrogens with one attached hydrogen (secondary N) is 2. The van der Waals surface area contributed by atoms with Gasteiger partial charge in [-0.15, -0.1) is 0 Å². The van der Waals surface area contributed by atoms with Crippen LogP contribution >= 0.6 is 0 Å². The number of rotatable bonds is 13. The fraction of sp³-hybridized carbons (Fsp3) is 0.812. The van der Waals surface area contributed by atoms with Gasteiger partial charge < -0.3 is 15.7 Å². The van der Waals surface area contributed by atoms with Crippen molar-refractivity contribution in [3.63, 3.8) is 0 Å². The van der Waals surface area contributed by atoms with Crippen LogP contribution in [0.3, 0.4) is 0 Å². The predicted octanol–water partition coefficient (Wildman–Crippen LogP) is 2.22. The highest BCUT2D eigenvalue weighted by Gasteiger charge is 2.15. The largest absolute Gasteiger partial charge is 0.480 e. The van der Waals surface area contributed by atoms with Crippen LogP contribution in [0.5, 0.6) is 0 Å². The second-order valence-electron chi connectivity index (χ2n) is 5.63. The topological polar surface area (TPSA) is 95.5 Å². The third-order valence-electron chi connectivity index (χ3n) is 3.44. The summed E-state index contributed by atoms with van der Waals surface area (Å²) >= 11 is 0. The molecule has 0 bridgehead atoms. The molecule has 22 heavy (non-hydrogen) atoms. The van der Waals surface area contributed by atoms with Gasteiger partial charge in [0, 0.05) is 6.42 Å². The molecule has 0 aromatic heterocycles. The molecular weight excluding hydrogens is 284 g/mol. The number of amides is 2. The zero-order chi connectivity index (χ0) is 16.8. The van der Waals surface area contributed by atoms with E-state index < -0.39 is 24.5 Å². The molecule has 128 valence electrons. The Morgan fingerprint density at radius 2 is 1.50 bits per heavy atom. The molecule has 0 radical (unpaired) electrons. The van der Waals surface area contributed by atoms with Crippen LogP contribution in [-0.4, -0.2) is 35.5 Å². The lowest BCUT2D eigenvalue weighted by Gasteiger charge is -2.13. The van der Waals surface area contributed by atoms with Gasteiger partial charge in [-0.2, -0.15) is 0 Å². The average molecular weight is 314 g/mol. The smallest absolute Gasteiger partial charge is 0.322 e. The van der Waals surface area contributed by atoms with Crippen LogP contribution in [0.4, 0.5) is 0 Å². The molecule has 0 aliphatic carbocycles. The normalized spacial score (nSPS) is 11.7. The van der Waals surface area contributed by atoms with E-state index in [1.54, 1.807) is 6.92 Å². The average Bonchev–Trinajstić information content (AvgIpc) is 2.47. The van der Waals surface area contributed by atoms with Crippen molar-refractivity contribution in [1.82, 2.24) is 10.6 Å². The van der Waals surface area contributed by atoms with Crippen molar-refractivity contribution in [3.8, 4) is 0 Å². The highest BCUT2D eigenvalue weighted by molar-refractivity contribution is 5.88. The van der Waals surface area contributed by atoms with E-state index >= 15 is 0 Å². The Bertz CT molecular complexity index is 345. The van der Waals surface area contributed by atoms with E-state index in [0.717, 1.165) is 19.3 Å². The van der Waals surface area contributed by atoms with Crippen LogP contribution in [0.1, 0.15) is 71.6 Å². The summed E-state index contributed by atoms with van der Waals surface area (Å²) in [5, 5.41) is 13.3. The van der Waals surface area contributed by atoms with Crippen molar-refractivity contribution in [3.05, 3.63) is 0 Å². The van der Waals surface area contributed by atoms with Crippen molar-refractivity contribution >= 4 is 17.8 Å². The Morgan fingerprint density at radius 3 is 2.05 bits per heavy atom. The third-order valence-corrected chi connectivity index (χ3v) is 3.44. The third kappa shape index (κ3) is 12.2. The molecule has 0 aliphatic heterocycles. The zero-order valence-corrected chi connectivity index (χ0v) is 13.8. The van der Waals surface area contributed by atoms with Crippen LogP contribution in [0, 0.1) is 0 Å². The van der Waals surface area contributed by atoms with E-state index in [1.165, 1.54) is 32.1 Å². The summed E-state index contributed by atoms with van der Waals surface area (Å²) in [6.45, 7) is 3.31. The molecule has 0 aromatic rings. The minimum Gasteiger partial charge on any atom is -0.480 e. The summed E-state index contributed by atoms with van der Waals surface area (Å²) in [4.78, 5) is 33.5. The molecule has 3 N–H and O–H groups in total. The molecule has 0 fully saturated rings. The van der Waals surface area contributed by atoms with Gasteiger partial charge in [0.15, 0.2) is 0 Å². The first-order chi connectivity index (χ1) is 10.5. The monoisotopic (exact) mass is 314 g/mol. The summed E-state index contributed by atoms with van der Waals surface area (Å²) in [6.07, 6.45) is 9.72. The Labute approximate surface area is 133 Å². The maximum Gasteiger partial charge on any atom is 0.322 e. The number of carbonyl (C=O) groups is 3. The van der Waals surface area contributed by atoms with Crippen LogP contribution in [0.15, 0.2) is 0 Å². The van der Waals surface area contributed by atoms with Crippen molar-refractivity contribution in [2.24, 2.45) is 0 Å².